The molecule has 1 nitrogen and oxygen atoms in total. The summed E-state index contributed by atoms with van der Waals surface area (Å²) in [6.07, 6.45) is 0. The summed E-state index contributed by atoms with van der Waals surface area (Å²) in [6.45, 7) is 4.89. The van der Waals surface area contributed by atoms with E-state index < -0.39 is 0 Å². The average molecular weight is 211 g/mol. The summed E-state index contributed by atoms with van der Waals surface area (Å²) >= 11 is 0. The predicted molar refractivity (Wildman–Crippen MR) is 69.2 cm³/mol. The Morgan fingerprint density at radius 3 is 2.31 bits per heavy atom. The lowest BCUT2D eigenvalue weighted by molar-refractivity contribution is 1.07. The SMILES string of the molecule is Cc1cccc(-c2ccccc2CN)c1C. The zero-order valence-electron chi connectivity index (χ0n) is 9.83. The van der Waals surface area contributed by atoms with Crippen molar-refractivity contribution in [3.8, 4) is 11.1 Å². The molecule has 16 heavy (non-hydrogen) atoms. The van der Waals surface area contributed by atoms with Gasteiger partial charge in [0.1, 0.15) is 0 Å². The molecule has 0 atom stereocenters. The summed E-state index contributed by atoms with van der Waals surface area (Å²) < 4.78 is 0. The Morgan fingerprint density at radius 1 is 0.875 bits per heavy atom. The van der Waals surface area contributed by atoms with Gasteiger partial charge in [0.15, 0.2) is 0 Å². The molecule has 0 aliphatic heterocycles. The minimum atomic E-state index is 0.587. The highest BCUT2D eigenvalue weighted by molar-refractivity contribution is 5.71. The molecule has 0 heterocycles. The van der Waals surface area contributed by atoms with Crippen LogP contribution in [0.3, 0.4) is 0 Å². The average Bonchev–Trinajstić information content (AvgIpc) is 2.33. The molecular formula is C15H17N. The van der Waals surface area contributed by atoms with Crippen LogP contribution in [0.1, 0.15) is 16.7 Å². The molecule has 82 valence electrons. The van der Waals surface area contributed by atoms with Crippen molar-refractivity contribution in [3.63, 3.8) is 0 Å². The van der Waals surface area contributed by atoms with E-state index in [4.69, 9.17) is 5.73 Å². The van der Waals surface area contributed by atoms with Crippen molar-refractivity contribution < 1.29 is 0 Å². The van der Waals surface area contributed by atoms with Gasteiger partial charge < -0.3 is 5.73 Å². The first-order chi connectivity index (χ1) is 7.74. The molecule has 0 spiro atoms. The molecular weight excluding hydrogens is 194 g/mol. The number of hydrogen-bond donors (Lipinski definition) is 1. The highest BCUT2D eigenvalue weighted by Crippen LogP contribution is 2.28. The van der Waals surface area contributed by atoms with Crippen LogP contribution in [0.15, 0.2) is 42.5 Å². The van der Waals surface area contributed by atoms with Gasteiger partial charge in [-0.3, -0.25) is 0 Å². The summed E-state index contributed by atoms with van der Waals surface area (Å²) in [5.74, 6) is 0. The second kappa shape index (κ2) is 4.50. The number of benzene rings is 2. The van der Waals surface area contributed by atoms with Gasteiger partial charge in [-0.25, -0.2) is 0 Å². The summed E-state index contributed by atoms with van der Waals surface area (Å²) in [5, 5.41) is 0. The van der Waals surface area contributed by atoms with Gasteiger partial charge in [-0.2, -0.15) is 0 Å². The largest absolute Gasteiger partial charge is 0.326 e. The van der Waals surface area contributed by atoms with Crippen molar-refractivity contribution in [1.82, 2.24) is 0 Å². The Kier molecular flexibility index (Phi) is 3.07. The monoisotopic (exact) mass is 211 g/mol. The van der Waals surface area contributed by atoms with E-state index in [9.17, 15) is 0 Å². The fourth-order valence-corrected chi connectivity index (χ4v) is 2.00. The Hall–Kier alpha value is -1.60. The van der Waals surface area contributed by atoms with Crippen molar-refractivity contribution >= 4 is 0 Å². The maximum absolute atomic E-state index is 5.78. The van der Waals surface area contributed by atoms with Gasteiger partial charge in [0.2, 0.25) is 0 Å². The molecule has 0 aromatic heterocycles. The first-order valence-corrected chi connectivity index (χ1v) is 5.58. The van der Waals surface area contributed by atoms with Crippen molar-refractivity contribution in [2.24, 2.45) is 5.73 Å². The number of aryl methyl sites for hydroxylation is 1. The van der Waals surface area contributed by atoms with E-state index in [1.807, 2.05) is 6.07 Å². The maximum Gasteiger partial charge on any atom is 0.0184 e. The van der Waals surface area contributed by atoms with E-state index in [2.05, 4.69) is 50.2 Å². The molecule has 2 aromatic rings. The predicted octanol–water partition coefficient (Wildman–Crippen LogP) is 3.43. The van der Waals surface area contributed by atoms with Gasteiger partial charge in [-0.05, 0) is 41.7 Å². The molecule has 0 bridgehead atoms. The van der Waals surface area contributed by atoms with E-state index in [0.29, 0.717) is 6.54 Å². The highest BCUT2D eigenvalue weighted by atomic mass is 14.5. The lowest BCUT2D eigenvalue weighted by Gasteiger charge is -2.12. The number of rotatable bonds is 2. The van der Waals surface area contributed by atoms with Crippen molar-refractivity contribution in [2.75, 3.05) is 0 Å². The van der Waals surface area contributed by atoms with Gasteiger partial charge in [0.05, 0.1) is 0 Å². The van der Waals surface area contributed by atoms with E-state index in [1.165, 1.54) is 27.8 Å². The standard InChI is InChI=1S/C15H17N/c1-11-6-5-9-14(12(11)2)15-8-4-3-7-13(15)10-16/h3-9H,10,16H2,1-2H3. The van der Waals surface area contributed by atoms with Crippen LogP contribution in [0, 0.1) is 13.8 Å². The zero-order chi connectivity index (χ0) is 11.5. The molecule has 0 radical (unpaired) electrons. The smallest absolute Gasteiger partial charge is 0.0184 e. The summed E-state index contributed by atoms with van der Waals surface area (Å²) in [4.78, 5) is 0. The lowest BCUT2D eigenvalue weighted by Crippen LogP contribution is -1.99. The molecule has 0 amide bonds. The normalized spacial score (nSPS) is 10.4. The van der Waals surface area contributed by atoms with Crippen LogP contribution >= 0.6 is 0 Å². The topological polar surface area (TPSA) is 26.0 Å². The first-order valence-electron chi connectivity index (χ1n) is 5.58. The molecule has 2 N–H and O–H groups in total. The van der Waals surface area contributed by atoms with Crippen LogP contribution in [0.4, 0.5) is 0 Å². The second-order valence-corrected chi connectivity index (χ2v) is 4.11. The molecule has 0 aliphatic rings. The van der Waals surface area contributed by atoms with Gasteiger partial charge in [0.25, 0.3) is 0 Å². The number of hydrogen-bond acceptors (Lipinski definition) is 1. The molecule has 0 fully saturated rings. The van der Waals surface area contributed by atoms with Crippen LogP contribution in [0.25, 0.3) is 11.1 Å². The van der Waals surface area contributed by atoms with Crippen LogP contribution in [0.5, 0.6) is 0 Å². The minimum absolute atomic E-state index is 0.587. The second-order valence-electron chi connectivity index (χ2n) is 4.11. The molecule has 2 aromatic carbocycles. The number of nitrogens with two attached hydrogens (primary N) is 1. The van der Waals surface area contributed by atoms with Gasteiger partial charge in [-0.1, -0.05) is 42.5 Å². The van der Waals surface area contributed by atoms with Crippen molar-refractivity contribution in [1.29, 1.82) is 0 Å². The fraction of sp³-hybridized carbons (Fsp3) is 0.200. The third-order valence-electron chi connectivity index (χ3n) is 3.13. The molecule has 0 saturated heterocycles. The van der Waals surface area contributed by atoms with Crippen molar-refractivity contribution in [3.05, 3.63) is 59.2 Å². The quantitative estimate of drug-likeness (QED) is 0.809. The molecule has 1 heteroatoms. The van der Waals surface area contributed by atoms with E-state index in [0.717, 1.165) is 0 Å². The fourth-order valence-electron chi connectivity index (χ4n) is 2.00. The highest BCUT2D eigenvalue weighted by Gasteiger charge is 2.06. The van der Waals surface area contributed by atoms with E-state index in [1.54, 1.807) is 0 Å². The molecule has 0 saturated carbocycles. The van der Waals surface area contributed by atoms with E-state index >= 15 is 0 Å². The van der Waals surface area contributed by atoms with Crippen LogP contribution in [-0.4, -0.2) is 0 Å². The molecule has 0 aliphatic carbocycles. The minimum Gasteiger partial charge on any atom is -0.326 e. The Morgan fingerprint density at radius 2 is 1.56 bits per heavy atom. The third kappa shape index (κ3) is 1.86. The van der Waals surface area contributed by atoms with E-state index in [-0.39, 0.29) is 0 Å². The summed E-state index contributed by atoms with van der Waals surface area (Å²) in [7, 11) is 0. The zero-order valence-corrected chi connectivity index (χ0v) is 9.83. The van der Waals surface area contributed by atoms with Gasteiger partial charge >= 0.3 is 0 Å². The maximum atomic E-state index is 5.78. The Balaban J connectivity index is 2.63. The Bertz CT molecular complexity index is 501. The van der Waals surface area contributed by atoms with Crippen molar-refractivity contribution in [2.45, 2.75) is 20.4 Å². The molecule has 0 unspecified atom stereocenters. The van der Waals surface area contributed by atoms with Crippen LogP contribution in [-0.2, 0) is 6.54 Å². The Labute approximate surface area is 96.9 Å². The van der Waals surface area contributed by atoms with Gasteiger partial charge in [-0.15, -0.1) is 0 Å². The first kappa shape index (κ1) is 10.9. The van der Waals surface area contributed by atoms with Gasteiger partial charge in [0, 0.05) is 6.54 Å². The molecule has 2 rings (SSSR count). The summed E-state index contributed by atoms with van der Waals surface area (Å²) in [5.41, 5.74) is 12.2. The summed E-state index contributed by atoms with van der Waals surface area (Å²) in [6, 6.07) is 14.7. The van der Waals surface area contributed by atoms with Crippen LogP contribution in [0.2, 0.25) is 0 Å². The van der Waals surface area contributed by atoms with Crippen LogP contribution < -0.4 is 5.73 Å². The third-order valence-corrected chi connectivity index (χ3v) is 3.13. The lowest BCUT2D eigenvalue weighted by atomic mass is 9.94.